The van der Waals surface area contributed by atoms with E-state index in [9.17, 15) is 32.7 Å². The van der Waals surface area contributed by atoms with Crippen LogP contribution in [0.5, 0.6) is 5.75 Å². The number of ether oxygens (including phenoxy) is 1. The number of nitrogens with zero attached hydrogens (tertiary/aromatic N) is 2. The van der Waals surface area contributed by atoms with Crippen molar-refractivity contribution in [2.75, 3.05) is 11.9 Å². The first-order valence-electron chi connectivity index (χ1n) is 7.74. The number of carbonyl (C=O) groups excluding carboxylic acids is 3. The number of primary amides is 1. The quantitative estimate of drug-likeness (QED) is 0.654. The molecular formula is C16H14Cl2F3N3O5. The number of alkyl halides is 3. The van der Waals surface area contributed by atoms with Gasteiger partial charge in [0, 0.05) is 19.2 Å². The van der Waals surface area contributed by atoms with Crippen molar-refractivity contribution in [3.8, 4) is 5.75 Å². The van der Waals surface area contributed by atoms with E-state index in [-0.39, 0.29) is 27.6 Å². The predicted molar refractivity (Wildman–Crippen MR) is 96.1 cm³/mol. The lowest BCUT2D eigenvalue weighted by molar-refractivity contribution is -0.138. The van der Waals surface area contributed by atoms with Crippen LogP contribution in [-0.4, -0.2) is 53.3 Å². The molecule has 8 nitrogen and oxygen atoms in total. The molecule has 1 aliphatic rings. The Morgan fingerprint density at radius 3 is 2.34 bits per heavy atom. The number of nitrogens with two attached hydrogens (primary N) is 1. The maximum Gasteiger partial charge on any atom is 0.431 e. The van der Waals surface area contributed by atoms with Crippen molar-refractivity contribution in [2.24, 2.45) is 5.73 Å². The maximum atomic E-state index is 13.0. The largest absolute Gasteiger partial charge is 0.471 e. The molecule has 0 spiro atoms. The second-order valence-corrected chi connectivity index (χ2v) is 6.75. The monoisotopic (exact) mass is 455 g/mol. The van der Waals surface area contributed by atoms with E-state index in [1.54, 1.807) is 0 Å². The van der Waals surface area contributed by atoms with Crippen molar-refractivity contribution < 1.29 is 37.4 Å². The third-order valence-corrected chi connectivity index (χ3v) is 4.48. The molecule has 0 aliphatic carbocycles. The fraction of sp³-hybridized carbons (Fsp3) is 0.312. The van der Waals surface area contributed by atoms with E-state index in [1.807, 2.05) is 0 Å². The van der Waals surface area contributed by atoms with Crippen LogP contribution in [0.2, 0.25) is 10.0 Å². The van der Waals surface area contributed by atoms with Gasteiger partial charge in [-0.25, -0.2) is 0 Å². The highest BCUT2D eigenvalue weighted by atomic mass is 35.5. The maximum absolute atomic E-state index is 13.0. The van der Waals surface area contributed by atoms with Crippen molar-refractivity contribution in [1.29, 1.82) is 0 Å². The normalized spacial score (nSPS) is 18.4. The summed E-state index contributed by atoms with van der Waals surface area (Å²) in [7, 11) is 0.920. The second kappa shape index (κ2) is 8.09. The van der Waals surface area contributed by atoms with Crippen molar-refractivity contribution >= 4 is 46.5 Å². The molecular weight excluding hydrogens is 442 g/mol. The minimum Gasteiger partial charge on any atom is -0.471 e. The molecule has 0 aromatic heterocycles. The zero-order chi connectivity index (χ0) is 22.3. The summed E-state index contributed by atoms with van der Waals surface area (Å²) in [5.74, 6) is -3.39. The lowest BCUT2D eigenvalue weighted by Crippen LogP contribution is -2.54. The molecule has 0 saturated heterocycles. The van der Waals surface area contributed by atoms with Gasteiger partial charge < -0.3 is 20.5 Å². The van der Waals surface area contributed by atoms with Crippen molar-refractivity contribution in [3.05, 3.63) is 34.0 Å². The third-order valence-electron chi connectivity index (χ3n) is 3.88. The lowest BCUT2D eigenvalue weighted by Gasteiger charge is -2.40. The Kier molecular flexibility index (Phi) is 6.36. The summed E-state index contributed by atoms with van der Waals surface area (Å²) in [4.78, 5) is 36.1. The van der Waals surface area contributed by atoms with E-state index < -0.39 is 41.9 Å². The van der Waals surface area contributed by atoms with Crippen LogP contribution in [0.15, 0.2) is 23.9 Å². The van der Waals surface area contributed by atoms with E-state index in [0.29, 0.717) is 9.80 Å². The molecule has 1 aromatic carbocycles. The minimum atomic E-state index is -4.88. The number of carbonyl (C=O) groups is 3. The molecule has 2 rings (SSSR count). The van der Waals surface area contributed by atoms with Crippen LogP contribution in [0.4, 0.5) is 18.9 Å². The number of halogens is 5. The molecule has 29 heavy (non-hydrogen) atoms. The number of amides is 2. The van der Waals surface area contributed by atoms with Gasteiger partial charge in [-0.3, -0.25) is 19.3 Å². The van der Waals surface area contributed by atoms with Crippen molar-refractivity contribution in [1.82, 2.24) is 4.90 Å². The summed E-state index contributed by atoms with van der Waals surface area (Å²) in [6.07, 6.45) is -8.38. The first-order valence-corrected chi connectivity index (χ1v) is 8.49. The fourth-order valence-electron chi connectivity index (χ4n) is 2.49. The molecule has 158 valence electrons. The first-order chi connectivity index (χ1) is 13.3. The predicted octanol–water partition coefficient (Wildman–Crippen LogP) is 1.82. The van der Waals surface area contributed by atoms with Crippen LogP contribution in [-0.2, 0) is 14.4 Å². The van der Waals surface area contributed by atoms with Crippen molar-refractivity contribution in [2.45, 2.75) is 25.6 Å². The van der Waals surface area contributed by atoms with Crippen LogP contribution in [0.3, 0.4) is 0 Å². The van der Waals surface area contributed by atoms with E-state index >= 15 is 0 Å². The van der Waals surface area contributed by atoms with Gasteiger partial charge in [-0.2, -0.15) is 13.2 Å². The Morgan fingerprint density at radius 1 is 1.28 bits per heavy atom. The molecule has 2 amide bonds. The topological polar surface area (TPSA) is 113 Å². The van der Waals surface area contributed by atoms with E-state index in [2.05, 4.69) is 0 Å². The number of allylic oxidation sites excluding steroid dienone is 1. The number of aliphatic hydroxyl groups excluding tert-OH is 1. The van der Waals surface area contributed by atoms with Crippen LogP contribution >= 0.6 is 23.2 Å². The van der Waals surface area contributed by atoms with Gasteiger partial charge in [-0.05, 0) is 13.0 Å². The summed E-state index contributed by atoms with van der Waals surface area (Å²) in [6, 6.07) is 2.06. The number of ketones is 1. The second-order valence-electron chi connectivity index (χ2n) is 5.94. The Labute approximate surface area is 172 Å². The first kappa shape index (κ1) is 22.8. The standard InChI is InChI=1S/C16H14Cl2F3N3O5/c1-6(25)13(14(22)27)29-10-4-9(7(17)3-8(10)18)24-12(26)5-11(16(19,20)21)23(2)15(24)28/h3-5,13,15,28H,1-2H3,(H2,22,27). The highest BCUT2D eigenvalue weighted by Crippen LogP contribution is 2.40. The van der Waals surface area contributed by atoms with Gasteiger partial charge in [0.25, 0.3) is 11.8 Å². The zero-order valence-electron chi connectivity index (χ0n) is 14.8. The number of anilines is 1. The molecule has 0 bridgehead atoms. The molecule has 13 heteroatoms. The number of hydrogen-bond acceptors (Lipinski definition) is 6. The smallest absolute Gasteiger partial charge is 0.431 e. The number of hydrogen-bond donors (Lipinski definition) is 2. The minimum absolute atomic E-state index is 0.176. The number of Topliss-reactive ketones (excluding diaryl/α,β-unsaturated/α-hetero) is 1. The van der Waals surface area contributed by atoms with E-state index in [4.69, 9.17) is 33.7 Å². The highest BCUT2D eigenvalue weighted by Gasteiger charge is 2.45. The van der Waals surface area contributed by atoms with Crippen molar-refractivity contribution in [3.63, 3.8) is 0 Å². The summed E-state index contributed by atoms with van der Waals surface area (Å²) in [5, 5.41) is 9.87. The van der Waals surface area contributed by atoms with Crippen LogP contribution < -0.4 is 15.4 Å². The van der Waals surface area contributed by atoms with Gasteiger partial charge in [0.1, 0.15) is 11.4 Å². The molecule has 1 aliphatic heterocycles. The molecule has 0 saturated carbocycles. The third kappa shape index (κ3) is 4.57. The molecule has 1 aromatic rings. The molecule has 1 heterocycles. The number of rotatable bonds is 5. The number of aliphatic hydroxyl groups is 1. The van der Waals surface area contributed by atoms with E-state index in [1.165, 1.54) is 0 Å². The van der Waals surface area contributed by atoms with Gasteiger partial charge in [-0.15, -0.1) is 0 Å². The SMILES string of the molecule is CC(=O)C(Oc1cc(N2C(=O)C=C(C(F)(F)F)N(C)C2O)c(Cl)cc1Cl)C(N)=O. The van der Waals surface area contributed by atoms with Gasteiger partial charge in [0.15, 0.2) is 5.78 Å². The fourth-order valence-corrected chi connectivity index (χ4v) is 3.01. The zero-order valence-corrected chi connectivity index (χ0v) is 16.3. The van der Waals surface area contributed by atoms with Crippen LogP contribution in [0.25, 0.3) is 0 Å². The molecule has 2 atom stereocenters. The Bertz CT molecular complexity index is 893. The number of benzene rings is 1. The van der Waals surface area contributed by atoms with Gasteiger partial charge >= 0.3 is 6.18 Å². The average molecular weight is 456 g/mol. The molecule has 3 N–H and O–H groups in total. The Morgan fingerprint density at radius 2 is 1.86 bits per heavy atom. The highest BCUT2D eigenvalue weighted by molar-refractivity contribution is 6.37. The Balaban J connectivity index is 2.53. The van der Waals surface area contributed by atoms with Gasteiger partial charge in [0.2, 0.25) is 12.5 Å². The molecule has 0 radical (unpaired) electrons. The summed E-state index contributed by atoms with van der Waals surface area (Å²) in [5.41, 5.74) is 3.44. The lowest BCUT2D eigenvalue weighted by atomic mass is 10.2. The van der Waals surface area contributed by atoms with Gasteiger partial charge in [0.05, 0.1) is 15.7 Å². The average Bonchev–Trinajstić information content (AvgIpc) is 2.57. The molecule has 2 unspecified atom stereocenters. The van der Waals surface area contributed by atoms with Crippen LogP contribution in [0.1, 0.15) is 6.92 Å². The summed E-state index contributed by atoms with van der Waals surface area (Å²) in [6.45, 7) is 1.04. The van der Waals surface area contributed by atoms with Gasteiger partial charge in [-0.1, -0.05) is 23.2 Å². The summed E-state index contributed by atoms with van der Waals surface area (Å²) < 4.78 is 44.3. The summed E-state index contributed by atoms with van der Waals surface area (Å²) >= 11 is 12.0. The Hall–Kier alpha value is -2.50. The van der Waals surface area contributed by atoms with E-state index in [0.717, 1.165) is 26.1 Å². The molecule has 0 fully saturated rings. The van der Waals surface area contributed by atoms with Crippen LogP contribution in [0, 0.1) is 0 Å².